The molecular weight excluding hydrogens is 378 g/mol. The van der Waals surface area contributed by atoms with Crippen molar-refractivity contribution in [3.8, 4) is 11.5 Å². The van der Waals surface area contributed by atoms with Crippen LogP contribution in [-0.2, 0) is 9.47 Å². The lowest BCUT2D eigenvalue weighted by atomic mass is 10.1. The lowest BCUT2D eigenvalue weighted by Gasteiger charge is -2.20. The van der Waals surface area contributed by atoms with Crippen molar-refractivity contribution in [2.75, 3.05) is 25.1 Å². The number of furan rings is 1. The van der Waals surface area contributed by atoms with E-state index in [1.54, 1.807) is 12.5 Å². The number of aromatic nitrogens is 2. The molecule has 28 heavy (non-hydrogen) atoms. The molecule has 2 aromatic heterocycles. The molecule has 0 aromatic carbocycles. The third-order valence-corrected chi connectivity index (χ3v) is 5.05. The van der Waals surface area contributed by atoms with Crippen LogP contribution >= 0.6 is 12.2 Å². The topological polar surface area (TPSA) is 93.5 Å². The molecule has 0 bridgehead atoms. The highest BCUT2D eigenvalue weighted by molar-refractivity contribution is 7.80. The van der Waals surface area contributed by atoms with Crippen molar-refractivity contribution in [1.29, 1.82) is 0 Å². The third kappa shape index (κ3) is 4.26. The van der Waals surface area contributed by atoms with Crippen molar-refractivity contribution < 1.29 is 13.9 Å². The summed E-state index contributed by atoms with van der Waals surface area (Å²) >= 11 is 5.38. The summed E-state index contributed by atoms with van der Waals surface area (Å²) in [5.74, 6) is 1.76. The predicted octanol–water partition coefficient (Wildman–Crippen LogP) is 1.80. The Bertz CT molecular complexity index is 801. The second kappa shape index (κ2) is 8.42. The number of nitrogens with one attached hydrogen (secondary N) is 3. The summed E-state index contributed by atoms with van der Waals surface area (Å²) in [6.45, 7) is 6.19. The molecule has 0 amide bonds. The fourth-order valence-electron chi connectivity index (χ4n) is 3.42. The van der Waals surface area contributed by atoms with Crippen LogP contribution in [0.3, 0.4) is 0 Å². The van der Waals surface area contributed by atoms with Gasteiger partial charge in [0.25, 0.3) is 0 Å². The summed E-state index contributed by atoms with van der Waals surface area (Å²) in [6.07, 6.45) is 3.19. The van der Waals surface area contributed by atoms with Gasteiger partial charge in [0.2, 0.25) is 5.95 Å². The van der Waals surface area contributed by atoms with E-state index < -0.39 is 0 Å². The van der Waals surface area contributed by atoms with Gasteiger partial charge in [-0.3, -0.25) is 0 Å². The average molecular weight is 404 g/mol. The predicted molar refractivity (Wildman–Crippen MR) is 109 cm³/mol. The van der Waals surface area contributed by atoms with E-state index in [1.165, 1.54) is 0 Å². The Balaban J connectivity index is 1.35. The minimum Gasteiger partial charge on any atom is -0.463 e. The Kier molecular flexibility index (Phi) is 5.74. The first-order valence-corrected chi connectivity index (χ1v) is 9.92. The number of ether oxygens (including phenoxy) is 2. The Labute approximate surface area is 169 Å². The van der Waals surface area contributed by atoms with Gasteiger partial charge >= 0.3 is 0 Å². The van der Waals surface area contributed by atoms with E-state index in [9.17, 15) is 0 Å². The molecule has 4 rings (SSSR count). The second-order valence-corrected chi connectivity index (χ2v) is 7.85. The zero-order chi connectivity index (χ0) is 19.5. The molecule has 8 nitrogen and oxygen atoms in total. The molecule has 4 atom stereocenters. The molecule has 2 aliphatic heterocycles. The first-order valence-electron chi connectivity index (χ1n) is 9.51. The summed E-state index contributed by atoms with van der Waals surface area (Å²) in [7, 11) is 0. The highest BCUT2D eigenvalue weighted by atomic mass is 32.1. The molecule has 150 valence electrons. The van der Waals surface area contributed by atoms with Gasteiger partial charge in [-0.05, 0) is 36.3 Å². The standard InChI is InChI=1S/C19H25N5O3S/c1-11(2)8-21-19(28)24-14-10-27-16-13(9-26-17(14)16)23-18-20-6-5-12(22-18)15-4-3-7-25-15/h3-7,11,13-14,16-17H,8-10H2,1-2H3,(H,20,22,23)(H2,21,24,28)/t13-,14+,16-,17+/m0/s1. The van der Waals surface area contributed by atoms with Gasteiger partial charge in [-0.25, -0.2) is 9.97 Å². The summed E-state index contributed by atoms with van der Waals surface area (Å²) < 4.78 is 17.4. The van der Waals surface area contributed by atoms with Gasteiger partial charge in [0.1, 0.15) is 17.9 Å². The van der Waals surface area contributed by atoms with Crippen molar-refractivity contribution >= 4 is 23.3 Å². The zero-order valence-electron chi connectivity index (χ0n) is 15.9. The van der Waals surface area contributed by atoms with E-state index in [1.807, 2.05) is 18.2 Å². The van der Waals surface area contributed by atoms with Crippen molar-refractivity contribution in [3.05, 3.63) is 30.7 Å². The molecule has 2 aliphatic rings. The molecule has 0 saturated carbocycles. The lowest BCUT2D eigenvalue weighted by molar-refractivity contribution is 0.0688. The maximum Gasteiger partial charge on any atom is 0.223 e. The van der Waals surface area contributed by atoms with E-state index >= 15 is 0 Å². The number of hydrogen-bond donors (Lipinski definition) is 3. The van der Waals surface area contributed by atoms with E-state index in [0.29, 0.717) is 36.0 Å². The molecule has 0 spiro atoms. The summed E-state index contributed by atoms with van der Waals surface area (Å²) in [6, 6.07) is 5.52. The third-order valence-electron chi connectivity index (χ3n) is 4.78. The number of thiocarbonyl (C=S) groups is 1. The second-order valence-electron chi connectivity index (χ2n) is 7.44. The zero-order valence-corrected chi connectivity index (χ0v) is 16.7. The number of fused-ring (bicyclic) bond motifs is 1. The number of hydrogen-bond acceptors (Lipinski definition) is 7. The van der Waals surface area contributed by atoms with Crippen LogP contribution in [0.25, 0.3) is 11.5 Å². The van der Waals surface area contributed by atoms with E-state index in [4.69, 9.17) is 26.1 Å². The van der Waals surface area contributed by atoms with Crippen LogP contribution in [0.5, 0.6) is 0 Å². The monoisotopic (exact) mass is 403 g/mol. The average Bonchev–Trinajstić information content (AvgIpc) is 3.41. The van der Waals surface area contributed by atoms with Gasteiger partial charge in [0.05, 0.1) is 31.6 Å². The molecular formula is C19H25N5O3S. The largest absolute Gasteiger partial charge is 0.463 e. The van der Waals surface area contributed by atoms with E-state index in [0.717, 1.165) is 12.2 Å². The lowest BCUT2D eigenvalue weighted by Crippen LogP contribution is -2.49. The van der Waals surface area contributed by atoms with Crippen LogP contribution < -0.4 is 16.0 Å². The molecule has 0 unspecified atom stereocenters. The number of rotatable bonds is 6. The first-order chi connectivity index (χ1) is 13.6. The smallest absolute Gasteiger partial charge is 0.223 e. The highest BCUT2D eigenvalue weighted by Crippen LogP contribution is 2.29. The van der Waals surface area contributed by atoms with Crippen LogP contribution in [0, 0.1) is 5.92 Å². The first kappa shape index (κ1) is 19.1. The molecule has 9 heteroatoms. The minimum atomic E-state index is -0.0822. The van der Waals surface area contributed by atoms with Gasteiger partial charge in [0, 0.05) is 12.7 Å². The van der Waals surface area contributed by atoms with Crippen LogP contribution in [-0.4, -0.2) is 59.1 Å². The molecule has 3 N–H and O–H groups in total. The van der Waals surface area contributed by atoms with Crippen LogP contribution in [0.15, 0.2) is 35.1 Å². The van der Waals surface area contributed by atoms with Gasteiger partial charge in [-0.1, -0.05) is 13.8 Å². The van der Waals surface area contributed by atoms with Gasteiger partial charge in [-0.2, -0.15) is 0 Å². The Morgan fingerprint density at radius 2 is 2.00 bits per heavy atom. The number of anilines is 1. The molecule has 0 radical (unpaired) electrons. The summed E-state index contributed by atoms with van der Waals surface area (Å²) in [5, 5.41) is 10.5. The maximum atomic E-state index is 5.99. The molecule has 2 aromatic rings. The SMILES string of the molecule is CC(C)CNC(=S)N[C@@H]1CO[C@@H]2[C@@H]1OC[C@@H]2Nc1nccc(-c2ccco2)n1. The quantitative estimate of drug-likeness (QED) is 0.624. The Hall–Kier alpha value is -2.23. The van der Waals surface area contributed by atoms with Crippen LogP contribution in [0.1, 0.15) is 13.8 Å². The molecule has 4 heterocycles. The van der Waals surface area contributed by atoms with E-state index in [-0.39, 0.29) is 24.3 Å². The molecule has 0 aliphatic carbocycles. The molecule has 2 fully saturated rings. The van der Waals surface area contributed by atoms with Crippen LogP contribution in [0.2, 0.25) is 0 Å². The van der Waals surface area contributed by atoms with Crippen molar-refractivity contribution in [3.63, 3.8) is 0 Å². The normalized spacial score (nSPS) is 26.2. The Morgan fingerprint density at radius 3 is 2.75 bits per heavy atom. The van der Waals surface area contributed by atoms with Crippen molar-refractivity contribution in [2.24, 2.45) is 5.92 Å². The van der Waals surface area contributed by atoms with Crippen LogP contribution in [0.4, 0.5) is 5.95 Å². The van der Waals surface area contributed by atoms with E-state index in [2.05, 4.69) is 39.8 Å². The summed E-state index contributed by atoms with van der Waals surface area (Å²) in [5.41, 5.74) is 0.728. The summed E-state index contributed by atoms with van der Waals surface area (Å²) in [4.78, 5) is 8.84. The van der Waals surface area contributed by atoms with Crippen molar-refractivity contribution in [1.82, 2.24) is 20.6 Å². The number of nitrogens with zero attached hydrogens (tertiary/aromatic N) is 2. The minimum absolute atomic E-state index is 0.0270. The van der Waals surface area contributed by atoms with Gasteiger partial charge < -0.3 is 29.8 Å². The molecule has 2 saturated heterocycles. The maximum absolute atomic E-state index is 5.99. The Morgan fingerprint density at radius 1 is 1.21 bits per heavy atom. The highest BCUT2D eigenvalue weighted by Gasteiger charge is 2.48. The van der Waals surface area contributed by atoms with Gasteiger partial charge in [0.15, 0.2) is 10.9 Å². The van der Waals surface area contributed by atoms with Gasteiger partial charge in [-0.15, -0.1) is 0 Å². The van der Waals surface area contributed by atoms with Crippen molar-refractivity contribution in [2.45, 2.75) is 38.1 Å². The fraction of sp³-hybridized carbons (Fsp3) is 0.526. The fourth-order valence-corrected chi connectivity index (χ4v) is 3.65.